The second kappa shape index (κ2) is 6.18. The molecule has 2 aromatic carbocycles. The molecular formula is C18H20N2O2. The van der Waals surface area contributed by atoms with Crippen molar-refractivity contribution in [3.05, 3.63) is 48.0 Å². The first kappa shape index (κ1) is 14.6. The highest BCUT2D eigenvalue weighted by Gasteiger charge is 2.30. The predicted octanol–water partition coefficient (Wildman–Crippen LogP) is 2.64. The van der Waals surface area contributed by atoms with Gasteiger partial charge in [-0.25, -0.2) is 0 Å². The summed E-state index contributed by atoms with van der Waals surface area (Å²) in [6.45, 7) is 2.66. The standard InChI is InChI=1S/C18H20N2O2/c1-13(19-18(22)17-10-5-11-20(17)12-21)15-9-4-7-14-6-2-3-8-16(14)15/h2-4,6-9,12-13,17H,5,10-11H2,1H3,(H,19,22)/t13-,17-/m1/s1. The highest BCUT2D eigenvalue weighted by atomic mass is 16.2. The third kappa shape index (κ3) is 2.69. The van der Waals surface area contributed by atoms with Gasteiger partial charge in [-0.05, 0) is 36.1 Å². The lowest BCUT2D eigenvalue weighted by molar-refractivity contribution is -0.131. The van der Waals surface area contributed by atoms with E-state index in [1.54, 1.807) is 4.90 Å². The first-order chi connectivity index (χ1) is 10.7. The Morgan fingerprint density at radius 3 is 2.86 bits per heavy atom. The second-order valence-electron chi connectivity index (χ2n) is 5.80. The van der Waals surface area contributed by atoms with Crippen LogP contribution in [0.1, 0.15) is 31.4 Å². The number of hydrogen-bond donors (Lipinski definition) is 1. The number of likely N-dealkylation sites (tertiary alicyclic amines) is 1. The van der Waals surface area contributed by atoms with Crippen LogP contribution < -0.4 is 5.32 Å². The van der Waals surface area contributed by atoms with Crippen molar-refractivity contribution in [2.24, 2.45) is 0 Å². The van der Waals surface area contributed by atoms with Gasteiger partial charge in [0.15, 0.2) is 0 Å². The molecule has 0 spiro atoms. The van der Waals surface area contributed by atoms with E-state index in [0.29, 0.717) is 6.54 Å². The fourth-order valence-electron chi connectivity index (χ4n) is 3.21. The first-order valence-electron chi connectivity index (χ1n) is 7.70. The monoisotopic (exact) mass is 296 g/mol. The quantitative estimate of drug-likeness (QED) is 0.882. The number of benzene rings is 2. The van der Waals surface area contributed by atoms with E-state index >= 15 is 0 Å². The van der Waals surface area contributed by atoms with Crippen molar-refractivity contribution < 1.29 is 9.59 Å². The minimum Gasteiger partial charge on any atom is -0.348 e. The Kier molecular flexibility index (Phi) is 4.09. The zero-order chi connectivity index (χ0) is 15.5. The number of nitrogens with one attached hydrogen (secondary N) is 1. The molecule has 0 aromatic heterocycles. The van der Waals surface area contributed by atoms with Crippen LogP contribution in [0.25, 0.3) is 10.8 Å². The highest BCUT2D eigenvalue weighted by molar-refractivity contribution is 5.88. The van der Waals surface area contributed by atoms with Crippen molar-refractivity contribution in [1.82, 2.24) is 10.2 Å². The van der Waals surface area contributed by atoms with Crippen molar-refractivity contribution >= 4 is 23.1 Å². The largest absolute Gasteiger partial charge is 0.348 e. The van der Waals surface area contributed by atoms with Gasteiger partial charge in [-0.15, -0.1) is 0 Å². The Bertz CT molecular complexity index is 693. The Labute approximate surface area is 130 Å². The predicted molar refractivity (Wildman–Crippen MR) is 86.3 cm³/mol. The molecule has 4 heteroatoms. The summed E-state index contributed by atoms with van der Waals surface area (Å²) in [7, 11) is 0. The number of rotatable bonds is 4. The molecule has 1 aliphatic rings. The smallest absolute Gasteiger partial charge is 0.243 e. The summed E-state index contributed by atoms with van der Waals surface area (Å²) in [6.07, 6.45) is 2.41. The molecule has 0 saturated carbocycles. The minimum absolute atomic E-state index is 0.0648. The van der Waals surface area contributed by atoms with Gasteiger partial charge >= 0.3 is 0 Å². The summed E-state index contributed by atoms with van der Waals surface area (Å²) in [5.74, 6) is -0.0648. The summed E-state index contributed by atoms with van der Waals surface area (Å²) in [5.41, 5.74) is 1.10. The van der Waals surface area contributed by atoms with Crippen LogP contribution in [0.15, 0.2) is 42.5 Å². The Balaban J connectivity index is 1.80. The summed E-state index contributed by atoms with van der Waals surface area (Å²) in [5, 5.41) is 5.37. The third-order valence-corrected chi connectivity index (χ3v) is 4.38. The Hall–Kier alpha value is -2.36. The maximum atomic E-state index is 12.4. The fourth-order valence-corrected chi connectivity index (χ4v) is 3.21. The van der Waals surface area contributed by atoms with Gasteiger partial charge in [0.2, 0.25) is 12.3 Å². The van der Waals surface area contributed by atoms with Crippen LogP contribution in [0.4, 0.5) is 0 Å². The number of nitrogens with zero attached hydrogens (tertiary/aromatic N) is 1. The molecule has 0 bridgehead atoms. The molecule has 0 aliphatic carbocycles. The van der Waals surface area contributed by atoms with Crippen molar-refractivity contribution in [2.45, 2.75) is 31.8 Å². The van der Waals surface area contributed by atoms with Crippen LogP contribution in [-0.2, 0) is 9.59 Å². The van der Waals surface area contributed by atoms with E-state index in [1.807, 2.05) is 31.2 Å². The van der Waals surface area contributed by atoms with Crippen LogP contribution >= 0.6 is 0 Å². The second-order valence-corrected chi connectivity index (χ2v) is 5.80. The molecule has 1 aliphatic heterocycles. The molecule has 2 aromatic rings. The zero-order valence-corrected chi connectivity index (χ0v) is 12.7. The summed E-state index contributed by atoms with van der Waals surface area (Å²) in [4.78, 5) is 25.0. The molecule has 2 atom stereocenters. The van der Waals surface area contributed by atoms with Crippen LogP contribution in [0.3, 0.4) is 0 Å². The van der Waals surface area contributed by atoms with Gasteiger partial charge in [0, 0.05) is 6.54 Å². The minimum atomic E-state index is -0.324. The molecule has 1 heterocycles. The van der Waals surface area contributed by atoms with Gasteiger partial charge in [-0.3, -0.25) is 9.59 Å². The van der Waals surface area contributed by atoms with Crippen LogP contribution in [0.5, 0.6) is 0 Å². The third-order valence-electron chi connectivity index (χ3n) is 4.38. The van der Waals surface area contributed by atoms with E-state index in [2.05, 4.69) is 23.5 Å². The highest BCUT2D eigenvalue weighted by Crippen LogP contribution is 2.25. The van der Waals surface area contributed by atoms with Gasteiger partial charge < -0.3 is 10.2 Å². The van der Waals surface area contributed by atoms with Gasteiger partial charge in [0.25, 0.3) is 0 Å². The van der Waals surface area contributed by atoms with Crippen molar-refractivity contribution in [1.29, 1.82) is 0 Å². The number of amides is 2. The lowest BCUT2D eigenvalue weighted by atomic mass is 9.99. The Morgan fingerprint density at radius 1 is 1.27 bits per heavy atom. The lowest BCUT2D eigenvalue weighted by Crippen LogP contribution is -2.43. The van der Waals surface area contributed by atoms with Crippen molar-refractivity contribution in [2.75, 3.05) is 6.54 Å². The van der Waals surface area contributed by atoms with Gasteiger partial charge in [0.05, 0.1) is 6.04 Å². The molecule has 1 N–H and O–H groups in total. The number of carbonyl (C=O) groups is 2. The fraction of sp³-hybridized carbons (Fsp3) is 0.333. The maximum absolute atomic E-state index is 12.4. The van der Waals surface area contributed by atoms with E-state index in [-0.39, 0.29) is 18.0 Å². The topological polar surface area (TPSA) is 49.4 Å². The number of fused-ring (bicyclic) bond motifs is 1. The van der Waals surface area contributed by atoms with Gasteiger partial charge in [0.1, 0.15) is 6.04 Å². The molecule has 0 radical (unpaired) electrons. The van der Waals surface area contributed by atoms with E-state index in [4.69, 9.17) is 0 Å². The van der Waals surface area contributed by atoms with Crippen LogP contribution in [-0.4, -0.2) is 29.8 Å². The average Bonchev–Trinajstić information content (AvgIpc) is 3.03. The average molecular weight is 296 g/mol. The van der Waals surface area contributed by atoms with Crippen molar-refractivity contribution in [3.8, 4) is 0 Å². The van der Waals surface area contributed by atoms with E-state index in [1.165, 1.54) is 0 Å². The van der Waals surface area contributed by atoms with E-state index in [9.17, 15) is 9.59 Å². The molecule has 3 rings (SSSR count). The molecule has 4 nitrogen and oxygen atoms in total. The molecule has 2 amide bonds. The zero-order valence-electron chi connectivity index (χ0n) is 12.7. The first-order valence-corrected chi connectivity index (χ1v) is 7.70. The molecular weight excluding hydrogens is 276 g/mol. The maximum Gasteiger partial charge on any atom is 0.243 e. The lowest BCUT2D eigenvalue weighted by Gasteiger charge is -2.23. The molecule has 114 valence electrons. The summed E-state index contributed by atoms with van der Waals surface area (Å²) >= 11 is 0. The summed E-state index contributed by atoms with van der Waals surface area (Å²) < 4.78 is 0. The molecule has 1 saturated heterocycles. The number of carbonyl (C=O) groups excluding carboxylic acids is 2. The number of hydrogen-bond acceptors (Lipinski definition) is 2. The van der Waals surface area contributed by atoms with E-state index < -0.39 is 0 Å². The van der Waals surface area contributed by atoms with Crippen LogP contribution in [0, 0.1) is 0 Å². The Morgan fingerprint density at radius 2 is 2.05 bits per heavy atom. The van der Waals surface area contributed by atoms with Crippen molar-refractivity contribution in [3.63, 3.8) is 0 Å². The normalized spacial score (nSPS) is 19.1. The van der Waals surface area contributed by atoms with Crippen LogP contribution in [0.2, 0.25) is 0 Å². The van der Waals surface area contributed by atoms with Gasteiger partial charge in [-0.1, -0.05) is 42.5 Å². The van der Waals surface area contributed by atoms with E-state index in [0.717, 1.165) is 35.6 Å². The molecule has 1 fully saturated rings. The SMILES string of the molecule is C[C@@H](NC(=O)[C@H]1CCCN1C=O)c1cccc2ccccc12. The summed E-state index contributed by atoms with van der Waals surface area (Å²) in [6, 6.07) is 13.9. The molecule has 0 unspecified atom stereocenters. The van der Waals surface area contributed by atoms with Gasteiger partial charge in [-0.2, -0.15) is 0 Å². The molecule has 22 heavy (non-hydrogen) atoms.